The maximum absolute atomic E-state index is 9.59. The van der Waals surface area contributed by atoms with Crippen molar-refractivity contribution in [1.29, 1.82) is 5.41 Å². The zero-order chi connectivity index (χ0) is 45.6. The molecule has 14 rings (SSSR count). The summed E-state index contributed by atoms with van der Waals surface area (Å²) in [5.41, 5.74) is 13.1. The highest BCUT2D eigenvalue weighted by molar-refractivity contribution is 6.20. The van der Waals surface area contributed by atoms with Gasteiger partial charge < -0.3 is 13.9 Å². The second-order valence-corrected chi connectivity index (χ2v) is 18.1. The summed E-state index contributed by atoms with van der Waals surface area (Å²) in [7, 11) is 0. The topological polar surface area (TPSA) is 69.9 Å². The first-order valence-corrected chi connectivity index (χ1v) is 23.5. The first-order valence-electron chi connectivity index (χ1n) is 23.5. The highest BCUT2D eigenvalue weighted by atomic mass is 16.3. The molecule has 0 saturated carbocycles. The molecule has 2 aliphatic rings. The molecule has 6 nitrogen and oxygen atoms in total. The van der Waals surface area contributed by atoms with Gasteiger partial charge in [0.2, 0.25) is 0 Å². The van der Waals surface area contributed by atoms with Crippen LogP contribution in [0.1, 0.15) is 29.5 Å². The fourth-order valence-corrected chi connectivity index (χ4v) is 10.8. The molecule has 0 unspecified atom stereocenters. The molecule has 0 atom stereocenters. The van der Waals surface area contributed by atoms with Crippen LogP contribution in [0.15, 0.2) is 227 Å². The van der Waals surface area contributed by atoms with Crippen LogP contribution in [0.25, 0.3) is 92.9 Å². The van der Waals surface area contributed by atoms with Crippen LogP contribution in [0.4, 0.5) is 17.1 Å². The molecule has 1 aliphatic carbocycles. The molecule has 0 bridgehead atoms. The minimum Gasteiger partial charge on any atom is -0.455 e. The van der Waals surface area contributed by atoms with E-state index in [-0.39, 0.29) is 5.84 Å². The smallest absolute Gasteiger partial charge is 0.161 e. The second kappa shape index (κ2) is 15.5. The number of nitrogens with one attached hydrogen (secondary N) is 1. The summed E-state index contributed by atoms with van der Waals surface area (Å²) in [5.74, 6) is 0.493. The first-order chi connectivity index (χ1) is 34.1. The molecular formula is C63H41N5O. The number of nitrogens with zero attached hydrogens (tertiary/aromatic N) is 4. The Morgan fingerprint density at radius 2 is 1.33 bits per heavy atom. The molecule has 1 N–H and O–H groups in total. The van der Waals surface area contributed by atoms with E-state index in [1.54, 1.807) is 0 Å². The molecule has 6 heteroatoms. The lowest BCUT2D eigenvalue weighted by molar-refractivity contribution is 0.668. The Bertz CT molecular complexity index is 4290. The SMILES string of the molecule is N=C(/N=C(\N=C\c1ccc2c3ccccc3n(C3=CC=CCC3)c2c1)c1ccc2ccc(N3c4cc5ccccc5cc4-c4cccc5cccc3c45)cc2c1)c1cccc2c1oc1ccccc12. The van der Waals surface area contributed by atoms with E-state index in [0.717, 1.165) is 73.7 Å². The van der Waals surface area contributed by atoms with Gasteiger partial charge in [0.05, 0.1) is 28.0 Å². The Kier molecular flexibility index (Phi) is 8.76. The van der Waals surface area contributed by atoms with Crippen LogP contribution in [0.5, 0.6) is 0 Å². The van der Waals surface area contributed by atoms with Crippen molar-refractivity contribution in [3.63, 3.8) is 0 Å². The summed E-state index contributed by atoms with van der Waals surface area (Å²) in [6.07, 6.45) is 10.5. The summed E-state index contributed by atoms with van der Waals surface area (Å²) in [4.78, 5) is 12.7. The number of aliphatic imine (C=N–C) groups is 2. The number of hydrogen-bond acceptors (Lipinski definition) is 3. The third-order valence-corrected chi connectivity index (χ3v) is 14.0. The van der Waals surface area contributed by atoms with Crippen LogP contribution in [0.3, 0.4) is 0 Å². The predicted molar refractivity (Wildman–Crippen MR) is 289 cm³/mol. The normalized spacial score (nSPS) is 13.8. The number of fused-ring (bicyclic) bond motifs is 10. The minimum absolute atomic E-state index is 0.0671. The molecular weight excluding hydrogens is 843 g/mol. The fourth-order valence-electron chi connectivity index (χ4n) is 10.8. The van der Waals surface area contributed by atoms with E-state index in [0.29, 0.717) is 17.0 Å². The highest BCUT2D eigenvalue weighted by Gasteiger charge is 2.27. The van der Waals surface area contributed by atoms with Crippen molar-refractivity contribution in [3.8, 4) is 11.1 Å². The maximum atomic E-state index is 9.59. The average Bonchev–Trinajstić information content (AvgIpc) is 3.95. The Morgan fingerprint density at radius 1 is 0.565 bits per heavy atom. The van der Waals surface area contributed by atoms with E-state index in [4.69, 9.17) is 14.4 Å². The molecule has 0 fully saturated rings. The average molecular weight is 884 g/mol. The Balaban J connectivity index is 0.927. The van der Waals surface area contributed by atoms with Gasteiger partial charge in [-0.1, -0.05) is 146 Å². The molecule has 0 spiro atoms. The lowest BCUT2D eigenvalue weighted by atomic mass is 9.89. The number of para-hydroxylation sites is 3. The fraction of sp³-hybridized carbons (Fsp3) is 0.0317. The van der Waals surface area contributed by atoms with Gasteiger partial charge in [0.1, 0.15) is 11.2 Å². The van der Waals surface area contributed by atoms with E-state index in [1.807, 2.05) is 42.6 Å². The second-order valence-electron chi connectivity index (χ2n) is 18.1. The molecule has 12 aromatic rings. The molecule has 3 heterocycles. The van der Waals surface area contributed by atoms with Gasteiger partial charge in [0.25, 0.3) is 0 Å². The van der Waals surface area contributed by atoms with E-state index in [9.17, 15) is 5.41 Å². The zero-order valence-corrected chi connectivity index (χ0v) is 37.4. The standard InChI is InChI=1S/C63H41N5O/c64-62(53-23-12-22-52-50-20-7-9-26-59(50)69-61(52)53)66-63(65-38-39-27-32-49-48-19-6-8-24-55(48)67(57(49)33-39)46-17-2-1-3-18-46)44-29-28-40-30-31-47(35-45(40)34-44)68-56-25-11-16-41-15-10-21-51(60(41)56)54-36-42-13-4-5-14-43(42)37-58(54)68/h1-2,4-17,19-38,64H,3,18H2/b64-62?,65-38+,66-63-. The Morgan fingerprint density at radius 3 is 2.23 bits per heavy atom. The molecule has 0 saturated heterocycles. The number of amidine groups is 2. The van der Waals surface area contributed by atoms with Gasteiger partial charge in [0.15, 0.2) is 11.7 Å². The predicted octanol–water partition coefficient (Wildman–Crippen LogP) is 16.7. The van der Waals surface area contributed by atoms with Crippen LogP contribution in [0, 0.1) is 5.41 Å². The van der Waals surface area contributed by atoms with Crippen LogP contribution < -0.4 is 4.90 Å². The lowest BCUT2D eigenvalue weighted by Gasteiger charge is -2.34. The molecule has 0 radical (unpaired) electrons. The van der Waals surface area contributed by atoms with Crippen molar-refractivity contribution in [2.45, 2.75) is 12.8 Å². The van der Waals surface area contributed by atoms with Gasteiger partial charge in [-0.3, -0.25) is 5.41 Å². The van der Waals surface area contributed by atoms with Crippen molar-refractivity contribution in [3.05, 3.63) is 229 Å². The Hall–Kier alpha value is -9.13. The Labute approximate surface area is 397 Å². The van der Waals surface area contributed by atoms with E-state index in [1.165, 1.54) is 54.7 Å². The number of anilines is 3. The third kappa shape index (κ3) is 6.30. The number of benzene rings is 10. The summed E-state index contributed by atoms with van der Waals surface area (Å²) in [6, 6.07) is 68.6. The first kappa shape index (κ1) is 39.1. The van der Waals surface area contributed by atoms with Crippen molar-refractivity contribution < 1.29 is 4.42 Å². The van der Waals surface area contributed by atoms with E-state index < -0.39 is 0 Å². The maximum Gasteiger partial charge on any atom is 0.161 e. The van der Waals surface area contributed by atoms with Gasteiger partial charge in [-0.05, 0) is 118 Å². The van der Waals surface area contributed by atoms with Crippen molar-refractivity contribution >= 4 is 117 Å². The summed E-state index contributed by atoms with van der Waals surface area (Å²) < 4.78 is 8.80. The van der Waals surface area contributed by atoms with E-state index >= 15 is 0 Å². The number of allylic oxidation sites excluding steroid dienone is 4. The number of rotatable bonds is 5. The molecule has 2 aromatic heterocycles. The van der Waals surface area contributed by atoms with Gasteiger partial charge in [0, 0.05) is 55.7 Å². The van der Waals surface area contributed by atoms with Gasteiger partial charge in [-0.15, -0.1) is 0 Å². The van der Waals surface area contributed by atoms with Crippen LogP contribution in [-0.4, -0.2) is 22.5 Å². The summed E-state index contributed by atoms with van der Waals surface area (Å²) in [6.45, 7) is 0. The van der Waals surface area contributed by atoms with Crippen LogP contribution >= 0.6 is 0 Å². The lowest BCUT2D eigenvalue weighted by Crippen LogP contribution is -2.15. The number of hydrogen-bond donors (Lipinski definition) is 1. The van der Waals surface area contributed by atoms with Gasteiger partial charge >= 0.3 is 0 Å². The van der Waals surface area contributed by atoms with Gasteiger partial charge in [-0.25, -0.2) is 9.98 Å². The highest BCUT2D eigenvalue weighted by Crippen LogP contribution is 2.52. The molecule has 10 aromatic carbocycles. The third-order valence-electron chi connectivity index (χ3n) is 14.0. The summed E-state index contributed by atoms with van der Waals surface area (Å²) >= 11 is 0. The molecule has 0 amide bonds. The molecule has 324 valence electrons. The van der Waals surface area contributed by atoms with E-state index in [2.05, 4.69) is 185 Å². The van der Waals surface area contributed by atoms with Crippen molar-refractivity contribution in [1.82, 2.24) is 4.57 Å². The molecule has 1 aliphatic heterocycles. The largest absolute Gasteiger partial charge is 0.455 e. The quantitative estimate of drug-likeness (QED) is 0.138. The van der Waals surface area contributed by atoms with Gasteiger partial charge in [-0.2, -0.15) is 0 Å². The zero-order valence-electron chi connectivity index (χ0n) is 37.4. The number of aromatic nitrogens is 1. The molecule has 69 heavy (non-hydrogen) atoms. The van der Waals surface area contributed by atoms with Crippen LogP contribution in [-0.2, 0) is 0 Å². The number of furan rings is 1. The van der Waals surface area contributed by atoms with Crippen molar-refractivity contribution in [2.75, 3.05) is 4.90 Å². The van der Waals surface area contributed by atoms with Crippen LogP contribution in [0.2, 0.25) is 0 Å². The van der Waals surface area contributed by atoms with Crippen molar-refractivity contribution in [2.24, 2.45) is 9.98 Å². The monoisotopic (exact) mass is 883 g/mol. The minimum atomic E-state index is 0.0671. The summed E-state index contributed by atoms with van der Waals surface area (Å²) in [5, 5.41) is 20.9.